The first-order chi connectivity index (χ1) is 7.20. The summed E-state index contributed by atoms with van der Waals surface area (Å²) in [6, 6.07) is 3.71. The van der Waals surface area contributed by atoms with E-state index in [2.05, 4.69) is 31.0 Å². The van der Waals surface area contributed by atoms with E-state index in [1.54, 1.807) is 6.20 Å². The summed E-state index contributed by atoms with van der Waals surface area (Å²) < 4.78 is 2.45. The Hall–Kier alpha value is -1.43. The second-order valence-electron chi connectivity index (χ2n) is 2.99. The Bertz CT molecular complexity index is 462. The van der Waals surface area contributed by atoms with Crippen molar-refractivity contribution in [1.29, 1.82) is 0 Å². The predicted octanol–water partition coefficient (Wildman–Crippen LogP) is 1.57. The van der Waals surface area contributed by atoms with Gasteiger partial charge in [0.2, 0.25) is 5.95 Å². The van der Waals surface area contributed by atoms with Gasteiger partial charge in [0.15, 0.2) is 11.6 Å². The Morgan fingerprint density at radius 3 is 2.80 bits per heavy atom. The molecular weight excluding hydrogens is 258 g/mol. The van der Waals surface area contributed by atoms with Gasteiger partial charge in [-0.25, -0.2) is 4.98 Å². The number of hydrogen-bond acceptors (Lipinski definition) is 4. The van der Waals surface area contributed by atoms with Crippen molar-refractivity contribution in [2.45, 2.75) is 13.3 Å². The van der Waals surface area contributed by atoms with E-state index in [4.69, 9.17) is 5.73 Å². The molecule has 2 N–H and O–H groups in total. The summed E-state index contributed by atoms with van der Waals surface area (Å²) in [5.41, 5.74) is 5.72. The molecule has 0 saturated heterocycles. The first-order valence-corrected chi connectivity index (χ1v) is 5.33. The molecule has 0 unspecified atom stereocenters. The van der Waals surface area contributed by atoms with Gasteiger partial charge < -0.3 is 5.73 Å². The molecule has 5 nitrogen and oxygen atoms in total. The SMILES string of the molecule is CCc1nc(N)n(-c2ccc(Br)cn2)n1. The number of aryl methyl sites for hydroxylation is 1. The number of rotatable bonds is 2. The fraction of sp³-hybridized carbons (Fsp3) is 0.222. The molecule has 6 heteroatoms. The van der Waals surface area contributed by atoms with Crippen molar-refractivity contribution in [3.63, 3.8) is 0 Å². The van der Waals surface area contributed by atoms with Crippen LogP contribution in [0.15, 0.2) is 22.8 Å². The summed E-state index contributed by atoms with van der Waals surface area (Å²) in [5.74, 6) is 1.75. The van der Waals surface area contributed by atoms with Gasteiger partial charge >= 0.3 is 0 Å². The van der Waals surface area contributed by atoms with Gasteiger partial charge in [0.05, 0.1) is 0 Å². The molecule has 0 aromatic carbocycles. The number of nitrogen functional groups attached to an aromatic ring is 1. The van der Waals surface area contributed by atoms with E-state index in [-0.39, 0.29) is 0 Å². The molecule has 0 spiro atoms. The molecule has 2 aromatic rings. The van der Waals surface area contributed by atoms with Gasteiger partial charge in [0, 0.05) is 17.1 Å². The molecule has 0 amide bonds. The largest absolute Gasteiger partial charge is 0.368 e. The predicted molar refractivity (Wildman–Crippen MR) is 60.6 cm³/mol. The Morgan fingerprint density at radius 2 is 2.27 bits per heavy atom. The summed E-state index contributed by atoms with van der Waals surface area (Å²) in [5, 5.41) is 4.23. The molecule has 2 heterocycles. The molecule has 0 bridgehead atoms. The number of aromatic nitrogens is 4. The first-order valence-electron chi connectivity index (χ1n) is 4.54. The Kier molecular flexibility index (Phi) is 2.68. The summed E-state index contributed by atoms with van der Waals surface area (Å²) in [6.07, 6.45) is 2.45. The van der Waals surface area contributed by atoms with Crippen molar-refractivity contribution in [3.05, 3.63) is 28.6 Å². The lowest BCUT2D eigenvalue weighted by Gasteiger charge is -2.00. The van der Waals surface area contributed by atoms with E-state index in [0.29, 0.717) is 11.8 Å². The lowest BCUT2D eigenvalue weighted by atomic mass is 10.5. The number of hydrogen-bond donors (Lipinski definition) is 1. The van der Waals surface area contributed by atoms with Crippen molar-refractivity contribution in [2.75, 3.05) is 5.73 Å². The zero-order valence-corrected chi connectivity index (χ0v) is 9.77. The molecule has 0 atom stereocenters. The zero-order valence-electron chi connectivity index (χ0n) is 8.18. The van der Waals surface area contributed by atoms with E-state index in [1.807, 2.05) is 19.1 Å². The number of anilines is 1. The molecule has 0 saturated carbocycles. The second-order valence-corrected chi connectivity index (χ2v) is 3.90. The summed E-state index contributed by atoms with van der Waals surface area (Å²) in [6.45, 7) is 1.98. The van der Waals surface area contributed by atoms with Crippen molar-refractivity contribution < 1.29 is 0 Å². The Morgan fingerprint density at radius 1 is 1.47 bits per heavy atom. The van der Waals surface area contributed by atoms with Gasteiger partial charge in [0.1, 0.15) is 0 Å². The maximum Gasteiger partial charge on any atom is 0.225 e. The van der Waals surface area contributed by atoms with Crippen molar-refractivity contribution in [2.24, 2.45) is 0 Å². The summed E-state index contributed by atoms with van der Waals surface area (Å²) in [7, 11) is 0. The topological polar surface area (TPSA) is 69.6 Å². The highest BCUT2D eigenvalue weighted by Crippen LogP contribution is 2.12. The fourth-order valence-electron chi connectivity index (χ4n) is 1.18. The minimum Gasteiger partial charge on any atom is -0.368 e. The average molecular weight is 268 g/mol. The number of nitrogens with two attached hydrogens (primary N) is 1. The smallest absolute Gasteiger partial charge is 0.225 e. The molecule has 78 valence electrons. The van der Waals surface area contributed by atoms with Crippen LogP contribution in [0.3, 0.4) is 0 Å². The van der Waals surface area contributed by atoms with Crippen molar-refractivity contribution in [1.82, 2.24) is 19.7 Å². The molecule has 0 aliphatic rings. The van der Waals surface area contributed by atoms with Gasteiger partial charge in [-0.2, -0.15) is 9.67 Å². The monoisotopic (exact) mass is 267 g/mol. The third-order valence-electron chi connectivity index (χ3n) is 1.92. The van der Waals surface area contributed by atoms with E-state index in [1.165, 1.54) is 4.68 Å². The highest BCUT2D eigenvalue weighted by atomic mass is 79.9. The summed E-state index contributed by atoms with van der Waals surface area (Å²) in [4.78, 5) is 8.30. The van der Waals surface area contributed by atoms with E-state index >= 15 is 0 Å². The molecule has 0 radical (unpaired) electrons. The van der Waals surface area contributed by atoms with E-state index in [0.717, 1.165) is 16.7 Å². The molecular formula is C9H10BrN5. The van der Waals surface area contributed by atoms with Crippen LogP contribution in [0.2, 0.25) is 0 Å². The maximum absolute atomic E-state index is 5.72. The lowest BCUT2D eigenvalue weighted by molar-refractivity contribution is 0.821. The highest BCUT2D eigenvalue weighted by molar-refractivity contribution is 9.10. The van der Waals surface area contributed by atoms with Crippen LogP contribution in [-0.4, -0.2) is 19.7 Å². The average Bonchev–Trinajstić information content (AvgIpc) is 2.61. The van der Waals surface area contributed by atoms with Crippen LogP contribution in [0, 0.1) is 0 Å². The third kappa shape index (κ3) is 1.99. The van der Waals surface area contributed by atoms with Crippen LogP contribution in [0.25, 0.3) is 5.82 Å². The Balaban J connectivity index is 2.44. The van der Waals surface area contributed by atoms with E-state index in [9.17, 15) is 0 Å². The van der Waals surface area contributed by atoms with Gasteiger partial charge in [-0.1, -0.05) is 6.92 Å². The molecule has 2 rings (SSSR count). The Labute approximate surface area is 95.5 Å². The van der Waals surface area contributed by atoms with Crippen LogP contribution in [-0.2, 0) is 6.42 Å². The van der Waals surface area contributed by atoms with Crippen LogP contribution >= 0.6 is 15.9 Å². The molecule has 0 fully saturated rings. The van der Waals surface area contributed by atoms with Gasteiger partial charge in [-0.3, -0.25) is 0 Å². The van der Waals surface area contributed by atoms with Crippen LogP contribution in [0.5, 0.6) is 0 Å². The summed E-state index contributed by atoms with van der Waals surface area (Å²) >= 11 is 3.32. The number of pyridine rings is 1. The van der Waals surface area contributed by atoms with Gasteiger partial charge in [0.25, 0.3) is 0 Å². The van der Waals surface area contributed by atoms with Gasteiger partial charge in [-0.15, -0.1) is 5.10 Å². The van der Waals surface area contributed by atoms with Crippen molar-refractivity contribution in [3.8, 4) is 5.82 Å². The normalized spacial score (nSPS) is 10.5. The second kappa shape index (κ2) is 3.98. The first kappa shape index (κ1) is 10.1. The molecule has 0 aliphatic heterocycles. The van der Waals surface area contributed by atoms with Crippen LogP contribution in [0.1, 0.15) is 12.7 Å². The standard InChI is InChI=1S/C9H10BrN5/c1-2-7-13-9(11)15(14-7)8-4-3-6(10)5-12-8/h3-5H,2H2,1H3,(H2,11,13,14). The quantitative estimate of drug-likeness (QED) is 0.897. The van der Waals surface area contributed by atoms with E-state index < -0.39 is 0 Å². The minimum absolute atomic E-state index is 0.363. The lowest BCUT2D eigenvalue weighted by Crippen LogP contribution is -2.04. The fourth-order valence-corrected chi connectivity index (χ4v) is 1.41. The molecule has 2 aromatic heterocycles. The molecule has 0 aliphatic carbocycles. The van der Waals surface area contributed by atoms with Crippen molar-refractivity contribution >= 4 is 21.9 Å². The minimum atomic E-state index is 0.363. The highest BCUT2D eigenvalue weighted by Gasteiger charge is 2.07. The van der Waals surface area contributed by atoms with Crippen LogP contribution < -0.4 is 5.73 Å². The number of halogens is 1. The van der Waals surface area contributed by atoms with Crippen LogP contribution in [0.4, 0.5) is 5.95 Å². The third-order valence-corrected chi connectivity index (χ3v) is 2.39. The zero-order chi connectivity index (χ0) is 10.8. The molecule has 15 heavy (non-hydrogen) atoms. The van der Waals surface area contributed by atoms with Gasteiger partial charge in [-0.05, 0) is 28.1 Å². The number of nitrogens with zero attached hydrogens (tertiary/aromatic N) is 4. The maximum atomic E-state index is 5.72.